The van der Waals surface area contributed by atoms with Crippen LogP contribution < -0.4 is 0 Å². The van der Waals surface area contributed by atoms with Gasteiger partial charge < -0.3 is 0 Å². The Morgan fingerprint density at radius 3 is 1.78 bits per heavy atom. The van der Waals surface area contributed by atoms with Crippen LogP contribution in [-0.4, -0.2) is 12.3 Å². The molecule has 0 bridgehead atoms. The van der Waals surface area contributed by atoms with Crippen LogP contribution in [0, 0.1) is 0 Å². The Morgan fingerprint density at radius 1 is 1.44 bits per heavy atom. The van der Waals surface area contributed by atoms with Crippen LogP contribution in [0.3, 0.4) is 0 Å². The summed E-state index contributed by atoms with van der Waals surface area (Å²) >= 11 is 4.62. The predicted octanol–water partition coefficient (Wildman–Crippen LogP) is 2.64. The van der Waals surface area contributed by atoms with Crippen molar-refractivity contribution in [2.45, 2.75) is 12.3 Å². The van der Waals surface area contributed by atoms with E-state index in [0.29, 0.717) is 0 Å². The number of rotatable bonds is 1. The lowest BCUT2D eigenvalue weighted by atomic mass is 10.4. The lowest BCUT2D eigenvalue weighted by Crippen LogP contribution is -2.23. The molecule has 0 aromatic carbocycles. The maximum Gasteiger partial charge on any atom is 0.424 e. The van der Waals surface area contributed by atoms with Gasteiger partial charge in [-0.3, -0.25) is 0 Å². The van der Waals surface area contributed by atoms with Crippen LogP contribution in [0.2, 0.25) is 0 Å². The summed E-state index contributed by atoms with van der Waals surface area (Å²) in [7, 11) is 0. The van der Waals surface area contributed by atoms with Gasteiger partial charge in [-0.2, -0.15) is 13.2 Å². The zero-order valence-electron chi connectivity index (χ0n) is 4.17. The van der Waals surface area contributed by atoms with Gasteiger partial charge in [-0.05, 0) is 0 Å². The maximum atomic E-state index is 11.7. The Bertz CT molecular complexity index is 116. The molecular weight excluding hydrogens is 159 g/mol. The molecular formula is C4H3ClF4. The van der Waals surface area contributed by atoms with Crippen molar-refractivity contribution in [3.63, 3.8) is 0 Å². The number of hydrogen-bond acceptors (Lipinski definition) is 0. The summed E-state index contributed by atoms with van der Waals surface area (Å²) in [6, 6.07) is 0. The highest BCUT2D eigenvalue weighted by Gasteiger charge is 2.41. The molecule has 0 heterocycles. The van der Waals surface area contributed by atoms with E-state index in [0.717, 1.165) is 0 Å². The van der Waals surface area contributed by atoms with Gasteiger partial charge in [0.2, 0.25) is 6.17 Å². The van der Waals surface area contributed by atoms with Gasteiger partial charge in [-0.25, -0.2) is 4.39 Å². The largest absolute Gasteiger partial charge is 0.424 e. The second kappa shape index (κ2) is 2.56. The minimum Gasteiger partial charge on any atom is -0.231 e. The molecule has 0 fully saturated rings. The Kier molecular flexibility index (Phi) is 2.49. The summed E-state index contributed by atoms with van der Waals surface area (Å²) in [6.45, 7) is 2.59. The molecule has 9 heavy (non-hydrogen) atoms. The molecule has 0 aliphatic rings. The van der Waals surface area contributed by atoms with Crippen LogP contribution in [0.5, 0.6) is 0 Å². The van der Waals surface area contributed by atoms with Gasteiger partial charge in [0, 0.05) is 0 Å². The average Bonchev–Trinajstić information content (AvgIpc) is 1.62. The van der Waals surface area contributed by atoms with Crippen molar-refractivity contribution in [3.8, 4) is 0 Å². The van der Waals surface area contributed by atoms with Gasteiger partial charge in [0.05, 0.1) is 5.03 Å². The molecule has 0 amide bonds. The summed E-state index contributed by atoms with van der Waals surface area (Å²) in [5.41, 5.74) is 0. The standard InChI is InChI=1S/C4H3ClF4/c1-2(5)3(6)4(7,8)9/h3H,1H2. The molecule has 0 aliphatic heterocycles. The molecule has 0 aliphatic carbocycles. The topological polar surface area (TPSA) is 0 Å². The van der Waals surface area contributed by atoms with Crippen LogP contribution in [-0.2, 0) is 0 Å². The number of allylic oxidation sites excluding steroid dienone is 1. The van der Waals surface area contributed by atoms with Gasteiger partial charge in [0.15, 0.2) is 0 Å². The fraction of sp³-hybridized carbons (Fsp3) is 0.500. The Hall–Kier alpha value is -0.250. The molecule has 0 spiro atoms. The SMILES string of the molecule is C=C(Cl)C(F)C(F)(F)F. The molecule has 0 aromatic heterocycles. The molecule has 0 radical (unpaired) electrons. The molecule has 5 heteroatoms. The van der Waals surface area contributed by atoms with Crippen LogP contribution >= 0.6 is 11.6 Å². The van der Waals surface area contributed by atoms with Crippen molar-refractivity contribution >= 4 is 11.6 Å². The van der Waals surface area contributed by atoms with E-state index in [2.05, 4.69) is 18.2 Å². The first-order chi connectivity index (χ1) is 3.85. The molecule has 0 saturated carbocycles. The van der Waals surface area contributed by atoms with Gasteiger partial charge in [-0.1, -0.05) is 18.2 Å². The first kappa shape index (κ1) is 8.75. The van der Waals surface area contributed by atoms with E-state index >= 15 is 0 Å². The van der Waals surface area contributed by atoms with Crippen LogP contribution in [0.25, 0.3) is 0 Å². The minimum atomic E-state index is -4.92. The summed E-state index contributed by atoms with van der Waals surface area (Å²) < 4.78 is 45.2. The van der Waals surface area contributed by atoms with Crippen molar-refractivity contribution in [3.05, 3.63) is 11.6 Å². The fourth-order valence-corrected chi connectivity index (χ4v) is 0.301. The molecule has 0 saturated heterocycles. The Labute approximate surface area is 54.1 Å². The molecule has 0 aromatic rings. The van der Waals surface area contributed by atoms with E-state index in [1.54, 1.807) is 0 Å². The lowest BCUT2D eigenvalue weighted by molar-refractivity contribution is -0.167. The summed E-state index contributed by atoms with van der Waals surface area (Å²) in [4.78, 5) is 0. The average molecular weight is 163 g/mol. The van der Waals surface area contributed by atoms with E-state index < -0.39 is 17.4 Å². The molecule has 0 N–H and O–H groups in total. The molecule has 0 nitrogen and oxygen atoms in total. The molecule has 54 valence electrons. The summed E-state index contributed by atoms with van der Waals surface area (Å²) in [6.07, 6.45) is -8.03. The van der Waals surface area contributed by atoms with E-state index in [4.69, 9.17) is 0 Å². The second-order valence-electron chi connectivity index (χ2n) is 1.35. The van der Waals surface area contributed by atoms with Crippen LogP contribution in [0.1, 0.15) is 0 Å². The van der Waals surface area contributed by atoms with Crippen molar-refractivity contribution in [2.24, 2.45) is 0 Å². The zero-order valence-corrected chi connectivity index (χ0v) is 4.93. The lowest BCUT2D eigenvalue weighted by Gasteiger charge is -2.08. The van der Waals surface area contributed by atoms with E-state index in [1.807, 2.05) is 0 Å². The minimum absolute atomic E-state index is 1.04. The van der Waals surface area contributed by atoms with E-state index in [9.17, 15) is 17.6 Å². The van der Waals surface area contributed by atoms with Gasteiger partial charge >= 0.3 is 6.18 Å². The Morgan fingerprint density at radius 2 is 1.78 bits per heavy atom. The van der Waals surface area contributed by atoms with Crippen molar-refractivity contribution < 1.29 is 17.6 Å². The van der Waals surface area contributed by atoms with Crippen LogP contribution in [0.4, 0.5) is 17.6 Å². The zero-order chi connectivity index (χ0) is 7.65. The smallest absolute Gasteiger partial charge is 0.231 e. The van der Waals surface area contributed by atoms with Gasteiger partial charge in [0.1, 0.15) is 0 Å². The molecule has 1 unspecified atom stereocenters. The van der Waals surface area contributed by atoms with Crippen molar-refractivity contribution in [2.75, 3.05) is 0 Å². The highest BCUT2D eigenvalue weighted by molar-refractivity contribution is 6.29. The second-order valence-corrected chi connectivity index (χ2v) is 1.84. The van der Waals surface area contributed by atoms with E-state index in [1.165, 1.54) is 0 Å². The highest BCUT2D eigenvalue weighted by atomic mass is 35.5. The number of hydrogen-bond donors (Lipinski definition) is 0. The van der Waals surface area contributed by atoms with Crippen LogP contribution in [0.15, 0.2) is 11.6 Å². The third-order valence-electron chi connectivity index (χ3n) is 0.562. The summed E-state index contributed by atoms with van der Waals surface area (Å²) in [5.74, 6) is 0. The molecule has 1 atom stereocenters. The Balaban J connectivity index is 4.04. The third kappa shape index (κ3) is 2.70. The van der Waals surface area contributed by atoms with Crippen molar-refractivity contribution in [1.29, 1.82) is 0 Å². The van der Waals surface area contributed by atoms with Gasteiger partial charge in [0.25, 0.3) is 0 Å². The normalized spacial score (nSPS) is 15.2. The molecule has 0 rings (SSSR count). The summed E-state index contributed by atoms with van der Waals surface area (Å²) in [5, 5.41) is -1.04. The maximum absolute atomic E-state index is 11.7. The number of halogens is 5. The number of alkyl halides is 4. The van der Waals surface area contributed by atoms with Gasteiger partial charge in [-0.15, -0.1) is 0 Å². The van der Waals surface area contributed by atoms with E-state index in [-0.39, 0.29) is 0 Å². The fourth-order valence-electron chi connectivity index (χ4n) is 0.178. The monoisotopic (exact) mass is 162 g/mol. The van der Waals surface area contributed by atoms with Crippen molar-refractivity contribution in [1.82, 2.24) is 0 Å². The quantitative estimate of drug-likeness (QED) is 0.520. The third-order valence-corrected chi connectivity index (χ3v) is 0.754. The first-order valence-corrected chi connectivity index (χ1v) is 2.28. The predicted molar refractivity (Wildman–Crippen MR) is 25.9 cm³/mol. The first-order valence-electron chi connectivity index (χ1n) is 1.91. The highest BCUT2D eigenvalue weighted by Crippen LogP contribution is 2.28.